The molecule has 0 atom stereocenters. The highest BCUT2D eigenvalue weighted by atomic mass is 32.1. The van der Waals surface area contributed by atoms with Crippen molar-refractivity contribution in [3.63, 3.8) is 0 Å². The van der Waals surface area contributed by atoms with Crippen LogP contribution in [0.5, 0.6) is 0 Å². The van der Waals surface area contributed by atoms with E-state index in [4.69, 9.17) is 21.4 Å². The molecular weight excluding hydrogens is 264 g/mol. The van der Waals surface area contributed by atoms with E-state index in [0.717, 1.165) is 44.6 Å². The second-order valence-electron chi connectivity index (χ2n) is 4.66. The van der Waals surface area contributed by atoms with Crippen LogP contribution in [0.1, 0.15) is 0 Å². The van der Waals surface area contributed by atoms with E-state index in [9.17, 15) is 0 Å². The van der Waals surface area contributed by atoms with E-state index < -0.39 is 0 Å². The molecule has 1 N–H and O–H groups in total. The third-order valence-electron chi connectivity index (χ3n) is 3.36. The van der Waals surface area contributed by atoms with Crippen molar-refractivity contribution >= 4 is 12.2 Å². The minimum absolute atomic E-state index is 0.713. The second-order valence-corrected chi connectivity index (χ2v) is 5.03. The zero-order valence-corrected chi connectivity index (χ0v) is 11.7. The summed E-state index contributed by atoms with van der Waals surface area (Å²) in [5.41, 5.74) is 0. The smallest absolute Gasteiger partial charge is 0.202 e. The molecule has 0 bridgehead atoms. The van der Waals surface area contributed by atoms with Crippen molar-refractivity contribution in [1.82, 2.24) is 14.3 Å². The van der Waals surface area contributed by atoms with Crippen LogP contribution in [0.3, 0.4) is 0 Å². The Morgan fingerprint density at radius 1 is 1.42 bits per heavy atom. The minimum Gasteiger partial charge on any atom is -0.461 e. The van der Waals surface area contributed by atoms with Gasteiger partial charge in [0.05, 0.1) is 19.5 Å². The number of aromatic nitrogens is 3. The highest BCUT2D eigenvalue weighted by Gasteiger charge is 2.18. The Labute approximate surface area is 116 Å². The molecule has 1 saturated heterocycles. The number of hydrogen-bond donors (Lipinski definition) is 1. The van der Waals surface area contributed by atoms with Crippen LogP contribution in [0.2, 0.25) is 0 Å². The lowest BCUT2D eigenvalue weighted by molar-refractivity contribution is -0.930. The molecule has 6 nitrogen and oxygen atoms in total. The van der Waals surface area contributed by atoms with Crippen molar-refractivity contribution in [2.24, 2.45) is 7.05 Å². The van der Waals surface area contributed by atoms with Crippen LogP contribution in [0.4, 0.5) is 0 Å². The maximum Gasteiger partial charge on any atom is 0.202 e. The highest BCUT2D eigenvalue weighted by Crippen LogP contribution is 2.17. The summed E-state index contributed by atoms with van der Waals surface area (Å²) >= 11 is 5.43. The number of quaternary nitrogens is 1. The standard InChI is InChI=1S/C12H16N4O2S/c1-14-11(10-3-2-6-18-10)13-16(12(14)19)9-15-4-7-17-8-5-15/h2-3,6H,4-5,7-9H2,1H3/p+1. The van der Waals surface area contributed by atoms with Crippen LogP contribution in [-0.4, -0.2) is 40.7 Å². The number of ether oxygens (including phenoxy) is 1. The molecule has 2 aromatic rings. The van der Waals surface area contributed by atoms with Crippen molar-refractivity contribution in [2.45, 2.75) is 6.67 Å². The molecule has 1 aliphatic rings. The molecule has 19 heavy (non-hydrogen) atoms. The molecule has 102 valence electrons. The summed E-state index contributed by atoms with van der Waals surface area (Å²) in [7, 11) is 1.92. The molecule has 3 rings (SSSR count). The van der Waals surface area contributed by atoms with Crippen molar-refractivity contribution in [3.8, 4) is 11.6 Å². The number of hydrogen-bond acceptors (Lipinski definition) is 4. The van der Waals surface area contributed by atoms with E-state index in [0.29, 0.717) is 4.77 Å². The molecule has 1 aliphatic heterocycles. The van der Waals surface area contributed by atoms with Gasteiger partial charge in [-0.2, -0.15) is 4.68 Å². The lowest BCUT2D eigenvalue weighted by Crippen LogP contribution is -3.13. The van der Waals surface area contributed by atoms with Gasteiger partial charge in [0.1, 0.15) is 13.1 Å². The van der Waals surface area contributed by atoms with Gasteiger partial charge >= 0.3 is 0 Å². The fourth-order valence-electron chi connectivity index (χ4n) is 2.24. The van der Waals surface area contributed by atoms with Crippen LogP contribution in [0.25, 0.3) is 11.6 Å². The molecule has 3 heterocycles. The maximum atomic E-state index is 5.43. The second kappa shape index (κ2) is 5.28. The topological polar surface area (TPSA) is 49.6 Å². The predicted molar refractivity (Wildman–Crippen MR) is 71.2 cm³/mol. The molecule has 0 aromatic carbocycles. The minimum atomic E-state index is 0.713. The van der Waals surface area contributed by atoms with Crippen LogP contribution in [0.15, 0.2) is 22.8 Å². The first-order valence-electron chi connectivity index (χ1n) is 6.35. The highest BCUT2D eigenvalue weighted by molar-refractivity contribution is 7.71. The summed E-state index contributed by atoms with van der Waals surface area (Å²) in [5, 5.41) is 4.57. The van der Waals surface area contributed by atoms with Gasteiger partial charge in [-0.3, -0.25) is 0 Å². The third kappa shape index (κ3) is 2.49. The number of furan rings is 1. The molecule has 0 spiro atoms. The van der Waals surface area contributed by atoms with Crippen LogP contribution < -0.4 is 4.90 Å². The van der Waals surface area contributed by atoms with Gasteiger partial charge in [0.15, 0.2) is 18.3 Å². The first kappa shape index (κ1) is 12.6. The largest absolute Gasteiger partial charge is 0.461 e. The Kier molecular flexibility index (Phi) is 3.50. The average molecular weight is 281 g/mol. The Bertz CT molecular complexity index is 596. The molecule has 0 aliphatic carbocycles. The molecule has 0 saturated carbocycles. The molecule has 2 aromatic heterocycles. The van der Waals surface area contributed by atoms with Gasteiger partial charge in [0.25, 0.3) is 0 Å². The molecule has 0 radical (unpaired) electrons. The Morgan fingerprint density at radius 2 is 2.21 bits per heavy atom. The Balaban J connectivity index is 1.86. The quantitative estimate of drug-likeness (QED) is 0.810. The van der Waals surface area contributed by atoms with Gasteiger partial charge in [-0.25, -0.2) is 0 Å². The normalized spacial score (nSPS) is 16.9. The average Bonchev–Trinajstić information content (AvgIpc) is 3.04. The summed E-state index contributed by atoms with van der Waals surface area (Å²) in [6.45, 7) is 4.38. The number of rotatable bonds is 3. The fraction of sp³-hybridized carbons (Fsp3) is 0.500. The zero-order chi connectivity index (χ0) is 13.2. The summed E-state index contributed by atoms with van der Waals surface area (Å²) in [6, 6.07) is 3.74. The van der Waals surface area contributed by atoms with Gasteiger partial charge in [-0.15, -0.1) is 5.10 Å². The van der Waals surface area contributed by atoms with Crippen LogP contribution >= 0.6 is 12.2 Å². The van der Waals surface area contributed by atoms with E-state index in [1.165, 1.54) is 4.90 Å². The lowest BCUT2D eigenvalue weighted by atomic mass is 10.4. The van der Waals surface area contributed by atoms with Gasteiger partial charge in [0, 0.05) is 7.05 Å². The van der Waals surface area contributed by atoms with E-state index in [1.807, 2.05) is 28.4 Å². The summed E-state index contributed by atoms with van der Waals surface area (Å²) in [6.07, 6.45) is 1.64. The number of nitrogens with one attached hydrogen (secondary N) is 1. The van der Waals surface area contributed by atoms with Crippen molar-refractivity contribution in [2.75, 3.05) is 26.3 Å². The van der Waals surface area contributed by atoms with Gasteiger partial charge in [-0.05, 0) is 24.4 Å². The maximum absolute atomic E-state index is 5.43. The van der Waals surface area contributed by atoms with Crippen LogP contribution in [-0.2, 0) is 18.5 Å². The molecule has 0 unspecified atom stereocenters. The first-order chi connectivity index (χ1) is 9.25. The van der Waals surface area contributed by atoms with Crippen molar-refractivity contribution in [1.29, 1.82) is 0 Å². The van der Waals surface area contributed by atoms with E-state index >= 15 is 0 Å². The number of morpholine rings is 1. The van der Waals surface area contributed by atoms with E-state index in [2.05, 4.69) is 5.10 Å². The monoisotopic (exact) mass is 281 g/mol. The van der Waals surface area contributed by atoms with Gasteiger partial charge in [-0.1, -0.05) is 0 Å². The summed E-state index contributed by atoms with van der Waals surface area (Å²) < 4.78 is 15.2. The fourth-order valence-corrected chi connectivity index (χ4v) is 2.43. The van der Waals surface area contributed by atoms with E-state index in [1.54, 1.807) is 6.26 Å². The Morgan fingerprint density at radius 3 is 2.89 bits per heavy atom. The SMILES string of the molecule is Cn1c(-c2ccco2)nn(C[NH+]2CCOCC2)c1=S. The third-order valence-corrected chi connectivity index (χ3v) is 3.84. The molecule has 1 fully saturated rings. The van der Waals surface area contributed by atoms with Gasteiger partial charge in [0.2, 0.25) is 4.77 Å². The van der Waals surface area contributed by atoms with Gasteiger partial charge < -0.3 is 18.6 Å². The first-order valence-corrected chi connectivity index (χ1v) is 6.75. The lowest BCUT2D eigenvalue weighted by Gasteiger charge is -2.23. The van der Waals surface area contributed by atoms with E-state index in [-0.39, 0.29) is 0 Å². The summed E-state index contributed by atoms with van der Waals surface area (Å²) in [4.78, 5) is 1.44. The summed E-state index contributed by atoms with van der Waals surface area (Å²) in [5.74, 6) is 1.51. The predicted octanol–water partition coefficient (Wildman–Crippen LogP) is 0.0837. The van der Waals surface area contributed by atoms with Crippen molar-refractivity contribution in [3.05, 3.63) is 23.2 Å². The molecule has 0 amide bonds. The Hall–Kier alpha value is -1.44. The number of nitrogens with zero attached hydrogens (tertiary/aromatic N) is 3. The van der Waals surface area contributed by atoms with Crippen molar-refractivity contribution < 1.29 is 14.1 Å². The van der Waals surface area contributed by atoms with Crippen LogP contribution in [0, 0.1) is 4.77 Å². The zero-order valence-electron chi connectivity index (χ0n) is 10.8. The molecular formula is C12H17N4O2S+. The molecule has 7 heteroatoms.